The molecule has 0 unspecified atom stereocenters. The maximum absolute atomic E-state index is 12.4. The van der Waals surface area contributed by atoms with Crippen LogP contribution in [0.4, 0.5) is 0 Å². The molecule has 0 spiro atoms. The van der Waals surface area contributed by atoms with Crippen molar-refractivity contribution in [3.05, 3.63) is 70.8 Å². The fraction of sp³-hybridized carbons (Fsp3) is 0.167. The number of hydrogen-bond acceptors (Lipinski definition) is 6. The summed E-state index contributed by atoms with van der Waals surface area (Å²) in [6.45, 7) is 0. The molecular weight excluding hydrogens is 312 g/mol. The highest BCUT2D eigenvalue weighted by Gasteiger charge is 2.21. The second-order valence-corrected chi connectivity index (χ2v) is 4.96. The molecule has 0 bridgehead atoms. The van der Waals surface area contributed by atoms with Gasteiger partial charge in [0.05, 0.1) is 25.3 Å². The Labute approximate surface area is 138 Å². The number of aliphatic hydroxyl groups is 1. The van der Waals surface area contributed by atoms with Gasteiger partial charge in [-0.3, -0.25) is 4.79 Å². The summed E-state index contributed by atoms with van der Waals surface area (Å²) in [7, 11) is 2.49. The lowest BCUT2D eigenvalue weighted by Crippen LogP contribution is -2.14. The first-order valence-electron chi connectivity index (χ1n) is 7.07. The third-order valence-corrected chi connectivity index (χ3v) is 3.44. The summed E-state index contributed by atoms with van der Waals surface area (Å²) >= 11 is 0. The summed E-state index contributed by atoms with van der Waals surface area (Å²) in [5.74, 6) is -1.74. The smallest absolute Gasteiger partial charge is 0.337 e. The third kappa shape index (κ3) is 3.67. The Bertz CT molecular complexity index is 781. The molecule has 6 nitrogen and oxygen atoms in total. The van der Waals surface area contributed by atoms with Crippen LogP contribution in [-0.4, -0.2) is 37.0 Å². The van der Waals surface area contributed by atoms with E-state index in [-0.39, 0.29) is 22.3 Å². The molecule has 0 aliphatic carbocycles. The van der Waals surface area contributed by atoms with Gasteiger partial charge < -0.3 is 14.6 Å². The van der Waals surface area contributed by atoms with E-state index in [9.17, 15) is 19.5 Å². The fourth-order valence-corrected chi connectivity index (χ4v) is 2.18. The highest BCUT2D eigenvalue weighted by atomic mass is 16.5. The molecule has 0 aliphatic rings. The van der Waals surface area contributed by atoms with E-state index < -0.39 is 23.8 Å². The van der Waals surface area contributed by atoms with E-state index in [1.165, 1.54) is 56.7 Å². The van der Waals surface area contributed by atoms with Crippen LogP contribution in [0.25, 0.3) is 0 Å². The van der Waals surface area contributed by atoms with Gasteiger partial charge in [-0.1, -0.05) is 24.3 Å². The molecule has 1 atom stereocenters. The number of carbonyl (C=O) groups excluding carboxylic acids is 3. The lowest BCUT2D eigenvalue weighted by Gasteiger charge is -2.12. The van der Waals surface area contributed by atoms with Gasteiger partial charge in [0.15, 0.2) is 5.78 Å². The van der Waals surface area contributed by atoms with Crippen LogP contribution >= 0.6 is 0 Å². The van der Waals surface area contributed by atoms with Crippen LogP contribution in [-0.2, 0) is 9.47 Å². The number of carbonyl (C=O) groups is 3. The zero-order valence-corrected chi connectivity index (χ0v) is 13.2. The molecule has 2 aromatic rings. The van der Waals surface area contributed by atoms with Crippen LogP contribution in [0.1, 0.15) is 42.7 Å². The molecule has 0 radical (unpaired) electrons. The molecule has 24 heavy (non-hydrogen) atoms. The summed E-state index contributed by atoms with van der Waals surface area (Å²) in [4.78, 5) is 35.5. The van der Waals surface area contributed by atoms with E-state index in [1.54, 1.807) is 6.07 Å². The zero-order valence-electron chi connectivity index (χ0n) is 13.2. The average molecular weight is 328 g/mol. The van der Waals surface area contributed by atoms with Crippen LogP contribution in [0.15, 0.2) is 48.5 Å². The number of hydrogen-bond donors (Lipinski definition) is 1. The molecular formula is C18H16O6. The molecule has 2 aromatic carbocycles. The maximum atomic E-state index is 12.4. The molecule has 0 aromatic heterocycles. The molecule has 0 amide bonds. The van der Waals surface area contributed by atoms with Gasteiger partial charge in [0.1, 0.15) is 6.10 Å². The number of ether oxygens (including phenoxy) is 2. The Hall–Kier alpha value is -2.99. The predicted octanol–water partition coefficient (Wildman–Crippen LogP) is 2.18. The number of esters is 2. The second kappa shape index (κ2) is 7.52. The Morgan fingerprint density at radius 2 is 1.33 bits per heavy atom. The number of methoxy groups -OCH3 is 2. The third-order valence-electron chi connectivity index (χ3n) is 3.44. The summed E-state index contributed by atoms with van der Waals surface area (Å²) in [6.07, 6.45) is -1.47. The standard InChI is InChI=1S/C18H16O6/c1-23-17(21)13-7-3-5-11(9-13)15(19)16(20)12-6-4-8-14(10-12)18(22)24-2/h3-10,15,19H,1-2H3/t15-/m1/s1. The van der Waals surface area contributed by atoms with Crippen molar-refractivity contribution in [2.75, 3.05) is 14.2 Å². The molecule has 0 fully saturated rings. The van der Waals surface area contributed by atoms with Crippen molar-refractivity contribution >= 4 is 17.7 Å². The van der Waals surface area contributed by atoms with Gasteiger partial charge in [0.25, 0.3) is 0 Å². The normalized spacial score (nSPS) is 11.5. The Balaban J connectivity index is 2.30. The minimum atomic E-state index is -1.47. The van der Waals surface area contributed by atoms with E-state index >= 15 is 0 Å². The van der Waals surface area contributed by atoms with E-state index in [4.69, 9.17) is 0 Å². The van der Waals surface area contributed by atoms with Gasteiger partial charge in [0, 0.05) is 5.56 Å². The Kier molecular flexibility index (Phi) is 5.44. The van der Waals surface area contributed by atoms with Crippen LogP contribution in [0.5, 0.6) is 0 Å². The lowest BCUT2D eigenvalue weighted by molar-refractivity contribution is 0.0590. The van der Waals surface area contributed by atoms with Gasteiger partial charge in [0.2, 0.25) is 0 Å². The van der Waals surface area contributed by atoms with E-state index in [1.807, 2.05) is 0 Å². The zero-order chi connectivity index (χ0) is 17.7. The van der Waals surface area contributed by atoms with E-state index in [0.717, 1.165) is 0 Å². The first kappa shape index (κ1) is 17.4. The second-order valence-electron chi connectivity index (χ2n) is 4.96. The van der Waals surface area contributed by atoms with Gasteiger partial charge in [-0.05, 0) is 29.8 Å². The molecule has 124 valence electrons. The summed E-state index contributed by atoms with van der Waals surface area (Å²) in [5.41, 5.74) is 0.851. The van der Waals surface area contributed by atoms with Crippen molar-refractivity contribution < 1.29 is 29.0 Å². The van der Waals surface area contributed by atoms with Crippen LogP contribution < -0.4 is 0 Å². The van der Waals surface area contributed by atoms with Crippen molar-refractivity contribution in [2.24, 2.45) is 0 Å². The fourth-order valence-electron chi connectivity index (χ4n) is 2.18. The average Bonchev–Trinajstić information content (AvgIpc) is 2.65. The number of aliphatic hydroxyl groups excluding tert-OH is 1. The topological polar surface area (TPSA) is 89.9 Å². The largest absolute Gasteiger partial charge is 0.465 e. The van der Waals surface area contributed by atoms with Crippen molar-refractivity contribution in [3.63, 3.8) is 0 Å². The monoisotopic (exact) mass is 328 g/mol. The van der Waals surface area contributed by atoms with Gasteiger partial charge >= 0.3 is 11.9 Å². The van der Waals surface area contributed by atoms with E-state index in [0.29, 0.717) is 0 Å². The first-order chi connectivity index (χ1) is 11.5. The Morgan fingerprint density at radius 3 is 1.92 bits per heavy atom. The number of ketones is 1. The number of Topliss-reactive ketones (excluding diaryl/α,β-unsaturated/α-hetero) is 1. The van der Waals surface area contributed by atoms with Crippen molar-refractivity contribution in [2.45, 2.75) is 6.10 Å². The first-order valence-corrected chi connectivity index (χ1v) is 7.07. The van der Waals surface area contributed by atoms with Gasteiger partial charge in [-0.2, -0.15) is 0 Å². The van der Waals surface area contributed by atoms with Gasteiger partial charge in [-0.25, -0.2) is 9.59 Å². The van der Waals surface area contributed by atoms with Crippen LogP contribution in [0.2, 0.25) is 0 Å². The van der Waals surface area contributed by atoms with Crippen LogP contribution in [0.3, 0.4) is 0 Å². The van der Waals surface area contributed by atoms with Crippen molar-refractivity contribution in [3.8, 4) is 0 Å². The molecule has 0 saturated carbocycles. The van der Waals surface area contributed by atoms with Gasteiger partial charge in [-0.15, -0.1) is 0 Å². The number of benzene rings is 2. The molecule has 0 heterocycles. The molecule has 1 N–H and O–H groups in total. The van der Waals surface area contributed by atoms with E-state index in [2.05, 4.69) is 9.47 Å². The minimum absolute atomic E-state index is 0.161. The SMILES string of the molecule is COC(=O)c1cccc(C(=O)[C@H](O)c2cccc(C(=O)OC)c2)c1. The lowest BCUT2D eigenvalue weighted by atomic mass is 9.97. The Morgan fingerprint density at radius 1 is 0.833 bits per heavy atom. The summed E-state index contributed by atoms with van der Waals surface area (Å²) in [6, 6.07) is 11.8. The molecule has 0 saturated heterocycles. The highest BCUT2D eigenvalue weighted by Crippen LogP contribution is 2.21. The quantitative estimate of drug-likeness (QED) is 0.668. The maximum Gasteiger partial charge on any atom is 0.337 e. The molecule has 6 heteroatoms. The molecule has 2 rings (SSSR count). The summed E-state index contributed by atoms with van der Waals surface area (Å²) < 4.78 is 9.22. The van der Waals surface area contributed by atoms with Crippen molar-refractivity contribution in [1.82, 2.24) is 0 Å². The molecule has 0 aliphatic heterocycles. The minimum Gasteiger partial charge on any atom is -0.465 e. The highest BCUT2D eigenvalue weighted by molar-refractivity contribution is 6.02. The van der Waals surface area contributed by atoms with Crippen molar-refractivity contribution in [1.29, 1.82) is 0 Å². The van der Waals surface area contributed by atoms with Crippen LogP contribution in [0, 0.1) is 0 Å². The summed E-state index contributed by atoms with van der Waals surface area (Å²) in [5, 5.41) is 10.3. The number of rotatable bonds is 5. The predicted molar refractivity (Wildman–Crippen MR) is 84.9 cm³/mol.